The summed E-state index contributed by atoms with van der Waals surface area (Å²) in [6.45, 7) is -0.449. The van der Waals surface area contributed by atoms with Crippen LogP contribution in [0.15, 0.2) is 34.2 Å². The molecule has 0 bridgehead atoms. The standard InChI is InChI=1S/C13H8Cl2N4O4S/c14-8-1-2-11(15)12(3-8)24(22,23)10(5-16)4-9-6-19(18-17-9)7-13(20)21/h1-4,6H,7H2,(H,20,21). The molecule has 2 aromatic rings. The summed E-state index contributed by atoms with van der Waals surface area (Å²) in [5.41, 5.74) is 0.00882. The van der Waals surface area contributed by atoms with Gasteiger partial charge in [-0.25, -0.2) is 13.1 Å². The minimum absolute atomic E-state index is 0.00882. The van der Waals surface area contributed by atoms with Crippen molar-refractivity contribution >= 4 is 45.1 Å². The van der Waals surface area contributed by atoms with Gasteiger partial charge in [0.1, 0.15) is 18.3 Å². The van der Waals surface area contributed by atoms with Crippen LogP contribution in [-0.4, -0.2) is 34.5 Å². The lowest BCUT2D eigenvalue weighted by atomic mass is 10.4. The first-order chi connectivity index (χ1) is 11.2. The third-order valence-corrected chi connectivity index (χ3v) is 5.10. The second kappa shape index (κ2) is 7.00. The number of nitriles is 1. The monoisotopic (exact) mass is 386 g/mol. The lowest BCUT2D eigenvalue weighted by molar-refractivity contribution is -0.137. The van der Waals surface area contributed by atoms with E-state index in [1.54, 1.807) is 6.07 Å². The summed E-state index contributed by atoms with van der Waals surface area (Å²) in [7, 11) is -4.23. The zero-order valence-electron chi connectivity index (χ0n) is 11.7. The maximum Gasteiger partial charge on any atom is 0.325 e. The minimum atomic E-state index is -4.23. The Kier molecular flexibility index (Phi) is 5.23. The van der Waals surface area contributed by atoms with Crippen LogP contribution >= 0.6 is 23.2 Å². The molecule has 0 radical (unpaired) electrons. The van der Waals surface area contributed by atoms with Crippen molar-refractivity contribution in [1.82, 2.24) is 15.0 Å². The van der Waals surface area contributed by atoms with Gasteiger partial charge in [-0.1, -0.05) is 28.4 Å². The van der Waals surface area contributed by atoms with E-state index in [0.717, 1.165) is 16.8 Å². The molecule has 0 spiro atoms. The quantitative estimate of drug-likeness (QED) is 0.778. The van der Waals surface area contributed by atoms with Crippen molar-refractivity contribution < 1.29 is 18.3 Å². The summed E-state index contributed by atoms with van der Waals surface area (Å²) < 4.78 is 26.1. The molecule has 0 atom stereocenters. The molecule has 24 heavy (non-hydrogen) atoms. The Morgan fingerprint density at radius 2 is 2.12 bits per heavy atom. The van der Waals surface area contributed by atoms with Gasteiger partial charge < -0.3 is 5.11 Å². The third kappa shape index (κ3) is 3.91. The molecule has 0 amide bonds. The Bertz CT molecular complexity index is 976. The number of rotatable bonds is 5. The number of nitrogens with zero attached hydrogens (tertiary/aromatic N) is 4. The molecule has 2 rings (SSSR count). The molecule has 0 fully saturated rings. The highest BCUT2D eigenvalue weighted by Crippen LogP contribution is 2.29. The van der Waals surface area contributed by atoms with Gasteiger partial charge in [0, 0.05) is 5.02 Å². The van der Waals surface area contributed by atoms with E-state index in [9.17, 15) is 18.5 Å². The highest BCUT2D eigenvalue weighted by atomic mass is 35.5. The van der Waals surface area contributed by atoms with Crippen molar-refractivity contribution in [3.63, 3.8) is 0 Å². The van der Waals surface area contributed by atoms with Gasteiger partial charge in [0.05, 0.1) is 16.1 Å². The van der Waals surface area contributed by atoms with E-state index in [-0.39, 0.29) is 20.6 Å². The number of aromatic nitrogens is 3. The third-order valence-electron chi connectivity index (χ3n) is 2.72. The van der Waals surface area contributed by atoms with E-state index in [4.69, 9.17) is 28.3 Å². The van der Waals surface area contributed by atoms with E-state index in [1.165, 1.54) is 18.3 Å². The lowest BCUT2D eigenvalue weighted by Gasteiger charge is -2.05. The highest BCUT2D eigenvalue weighted by molar-refractivity contribution is 7.95. The Balaban J connectivity index is 2.47. The molecule has 8 nitrogen and oxygen atoms in total. The largest absolute Gasteiger partial charge is 0.480 e. The van der Waals surface area contributed by atoms with Crippen molar-refractivity contribution in [1.29, 1.82) is 5.26 Å². The highest BCUT2D eigenvalue weighted by Gasteiger charge is 2.24. The molecule has 0 saturated heterocycles. The van der Waals surface area contributed by atoms with E-state index in [1.807, 2.05) is 0 Å². The van der Waals surface area contributed by atoms with Crippen LogP contribution in [-0.2, 0) is 21.2 Å². The van der Waals surface area contributed by atoms with Gasteiger partial charge in [0.15, 0.2) is 4.91 Å². The molecule has 0 aliphatic carbocycles. The van der Waals surface area contributed by atoms with Gasteiger partial charge in [-0.05, 0) is 24.3 Å². The first-order valence-electron chi connectivity index (χ1n) is 6.18. The predicted octanol–water partition coefficient (Wildman–Crippen LogP) is 2.01. The second-order valence-electron chi connectivity index (χ2n) is 4.43. The number of aliphatic carboxylic acids is 1. The fraction of sp³-hybridized carbons (Fsp3) is 0.0769. The number of hydrogen-bond donors (Lipinski definition) is 1. The first kappa shape index (κ1) is 17.9. The van der Waals surface area contributed by atoms with Crippen molar-refractivity contribution in [2.45, 2.75) is 11.4 Å². The topological polar surface area (TPSA) is 126 Å². The Hall–Kier alpha value is -2.41. The molecule has 1 aromatic carbocycles. The Morgan fingerprint density at radius 3 is 2.75 bits per heavy atom. The molecule has 0 aliphatic rings. The number of carbonyl (C=O) groups is 1. The summed E-state index contributed by atoms with van der Waals surface area (Å²) in [4.78, 5) is 9.64. The van der Waals surface area contributed by atoms with Crippen LogP contribution in [0.25, 0.3) is 6.08 Å². The Morgan fingerprint density at radius 1 is 1.42 bits per heavy atom. The molecule has 124 valence electrons. The van der Waals surface area contributed by atoms with E-state index in [0.29, 0.717) is 0 Å². The van der Waals surface area contributed by atoms with Crippen LogP contribution < -0.4 is 0 Å². The van der Waals surface area contributed by atoms with Crippen LogP contribution in [0.3, 0.4) is 0 Å². The molecular weight excluding hydrogens is 379 g/mol. The smallest absolute Gasteiger partial charge is 0.325 e. The van der Waals surface area contributed by atoms with Crippen molar-refractivity contribution in [2.75, 3.05) is 0 Å². The molecule has 0 unspecified atom stereocenters. The fourth-order valence-electron chi connectivity index (χ4n) is 1.70. The van der Waals surface area contributed by atoms with Gasteiger partial charge in [-0.2, -0.15) is 5.26 Å². The zero-order valence-corrected chi connectivity index (χ0v) is 14.0. The number of hydrogen-bond acceptors (Lipinski definition) is 6. The second-order valence-corrected chi connectivity index (χ2v) is 7.16. The van der Waals surface area contributed by atoms with E-state index >= 15 is 0 Å². The van der Waals surface area contributed by atoms with E-state index < -0.39 is 27.3 Å². The SMILES string of the molecule is N#CC(=Cc1cn(CC(=O)O)nn1)S(=O)(=O)c1cc(Cl)ccc1Cl. The molecule has 1 N–H and O–H groups in total. The Labute approximate surface area is 146 Å². The molecule has 1 heterocycles. The lowest BCUT2D eigenvalue weighted by Crippen LogP contribution is -2.08. The summed E-state index contributed by atoms with van der Waals surface area (Å²) >= 11 is 11.7. The number of allylic oxidation sites excluding steroid dienone is 1. The number of carboxylic acids is 1. The van der Waals surface area contributed by atoms with Gasteiger partial charge >= 0.3 is 5.97 Å². The first-order valence-corrected chi connectivity index (χ1v) is 8.42. The van der Waals surface area contributed by atoms with Crippen LogP contribution in [0.4, 0.5) is 0 Å². The molecule has 11 heteroatoms. The maximum atomic E-state index is 12.5. The van der Waals surface area contributed by atoms with Crippen molar-refractivity contribution in [2.24, 2.45) is 0 Å². The van der Waals surface area contributed by atoms with Gasteiger partial charge in [-0.3, -0.25) is 4.79 Å². The van der Waals surface area contributed by atoms with Crippen molar-refractivity contribution in [3.8, 4) is 6.07 Å². The zero-order chi connectivity index (χ0) is 17.9. The molecule has 1 aromatic heterocycles. The number of sulfone groups is 1. The summed E-state index contributed by atoms with van der Waals surface area (Å²) in [6.07, 6.45) is 2.17. The number of halogens is 2. The molecule has 0 saturated carbocycles. The summed E-state index contributed by atoms with van der Waals surface area (Å²) in [5, 5.41) is 25.0. The van der Waals surface area contributed by atoms with Gasteiger partial charge in [-0.15, -0.1) is 5.10 Å². The molecule has 0 aliphatic heterocycles. The molecular formula is C13H8Cl2N4O4S. The summed E-state index contributed by atoms with van der Waals surface area (Å²) in [5.74, 6) is -1.14. The van der Waals surface area contributed by atoms with Crippen LogP contribution in [0, 0.1) is 11.3 Å². The van der Waals surface area contributed by atoms with Gasteiger partial charge in [0.25, 0.3) is 0 Å². The van der Waals surface area contributed by atoms with Crippen LogP contribution in [0.5, 0.6) is 0 Å². The van der Waals surface area contributed by atoms with Crippen LogP contribution in [0.1, 0.15) is 5.69 Å². The minimum Gasteiger partial charge on any atom is -0.480 e. The number of benzene rings is 1. The average Bonchev–Trinajstić information content (AvgIpc) is 2.93. The van der Waals surface area contributed by atoms with Crippen molar-refractivity contribution in [3.05, 3.63) is 45.0 Å². The van der Waals surface area contributed by atoms with E-state index in [2.05, 4.69) is 10.3 Å². The maximum absolute atomic E-state index is 12.5. The average molecular weight is 387 g/mol. The summed E-state index contributed by atoms with van der Waals surface area (Å²) in [6, 6.07) is 5.41. The number of carboxylic acid groups (broad SMARTS) is 1. The predicted molar refractivity (Wildman–Crippen MR) is 84.9 cm³/mol. The normalized spacial score (nSPS) is 12.0. The van der Waals surface area contributed by atoms with Gasteiger partial charge in [0.2, 0.25) is 9.84 Å². The fourth-order valence-corrected chi connectivity index (χ4v) is 3.60. The van der Waals surface area contributed by atoms with Crippen LogP contribution in [0.2, 0.25) is 10.0 Å².